The van der Waals surface area contributed by atoms with Gasteiger partial charge in [-0.25, -0.2) is 0 Å². The SMILES string of the molecule is OC[C@H]1O[C@H](O[C@@H]2[C@@H](O)[C@@H](O[C@H]3O[C@H](CO)[C@@H](O)[C@H](O)[C@H]3O[C@H]3O[C@H](CO)[C@@H](O)[C@H](O)[C@H]3O)O[C@H](CO)[C@H]2O)[C@H](O)[C@@H](O)[C@@H]1O. The fraction of sp³-hybridized carbons (Fsp3) is 1.00. The second-order valence-electron chi connectivity index (χ2n) is 11.1. The predicted molar refractivity (Wildman–Crippen MR) is 134 cm³/mol. The maximum Gasteiger partial charge on any atom is 0.190 e. The molecule has 4 aliphatic heterocycles. The lowest BCUT2D eigenvalue weighted by molar-refractivity contribution is -0.409. The van der Waals surface area contributed by atoms with Gasteiger partial charge in [0.25, 0.3) is 0 Å². The third-order valence-corrected chi connectivity index (χ3v) is 8.19. The van der Waals surface area contributed by atoms with E-state index in [1.54, 1.807) is 0 Å². The molecule has 0 aliphatic carbocycles. The van der Waals surface area contributed by atoms with E-state index in [1.165, 1.54) is 0 Å². The van der Waals surface area contributed by atoms with Crippen LogP contribution in [0, 0.1) is 0 Å². The molecule has 4 rings (SSSR count). The van der Waals surface area contributed by atoms with Crippen molar-refractivity contribution in [3.05, 3.63) is 0 Å². The second-order valence-corrected chi connectivity index (χ2v) is 11.1. The van der Waals surface area contributed by atoms with Crippen LogP contribution in [0.1, 0.15) is 0 Å². The van der Waals surface area contributed by atoms with Gasteiger partial charge < -0.3 is 105 Å². The van der Waals surface area contributed by atoms with Crippen molar-refractivity contribution in [3.8, 4) is 0 Å². The Bertz CT molecular complexity index is 914. The summed E-state index contributed by atoms with van der Waals surface area (Å²) in [4.78, 5) is 0. The van der Waals surface area contributed by atoms with Crippen LogP contribution < -0.4 is 0 Å². The number of aliphatic hydroxyl groups is 14. The Kier molecular flexibility index (Phi) is 12.8. The molecular formula is C24H42O21. The molecular weight excluding hydrogens is 624 g/mol. The molecule has 21 nitrogen and oxygen atoms in total. The highest BCUT2D eigenvalue weighted by atomic mass is 16.8. The van der Waals surface area contributed by atoms with Crippen LogP contribution >= 0.6 is 0 Å². The van der Waals surface area contributed by atoms with E-state index in [0.29, 0.717) is 0 Å². The Balaban J connectivity index is 1.56. The Hall–Kier alpha value is -0.840. The van der Waals surface area contributed by atoms with Crippen molar-refractivity contribution in [2.45, 2.75) is 123 Å². The summed E-state index contributed by atoms with van der Waals surface area (Å²) >= 11 is 0. The molecule has 0 aromatic carbocycles. The zero-order chi connectivity index (χ0) is 33.3. The average molecular weight is 667 g/mol. The summed E-state index contributed by atoms with van der Waals surface area (Å²) < 4.78 is 38.2. The van der Waals surface area contributed by atoms with Gasteiger partial charge in [-0.2, -0.15) is 0 Å². The lowest BCUT2D eigenvalue weighted by Gasteiger charge is -2.49. The van der Waals surface area contributed by atoms with Gasteiger partial charge in [-0.15, -0.1) is 0 Å². The van der Waals surface area contributed by atoms with Gasteiger partial charge in [-0.3, -0.25) is 0 Å². The summed E-state index contributed by atoms with van der Waals surface area (Å²) in [5.41, 5.74) is 0. The molecule has 45 heavy (non-hydrogen) atoms. The van der Waals surface area contributed by atoms with Crippen molar-refractivity contribution in [2.75, 3.05) is 26.4 Å². The molecule has 0 amide bonds. The van der Waals surface area contributed by atoms with Crippen molar-refractivity contribution < 1.29 is 105 Å². The first-order chi connectivity index (χ1) is 21.3. The van der Waals surface area contributed by atoms with Crippen molar-refractivity contribution >= 4 is 0 Å². The van der Waals surface area contributed by atoms with Crippen LogP contribution in [0.25, 0.3) is 0 Å². The standard InChI is InChI=1S/C24H42O21/c25-1-5-9(29)13(33)16(36)21(39-5)43-19-12(32)8(4-28)41-23(18(19)38)45-24-20(15(35)11(31)7(3-27)42-24)44-22-17(37)14(34)10(30)6(2-26)40-22/h5-38H,1-4H2/t5-,6-,7-,8-,9-,10-,11-,12-,13+,14+,15+,16-,17-,18-,19+,20-,21-,22-,23-,24-/m1/s1. The molecule has 21 heteroatoms. The van der Waals surface area contributed by atoms with Crippen molar-refractivity contribution in [2.24, 2.45) is 0 Å². The third-order valence-electron chi connectivity index (χ3n) is 8.19. The second kappa shape index (κ2) is 15.6. The van der Waals surface area contributed by atoms with E-state index in [9.17, 15) is 71.5 Å². The minimum atomic E-state index is -2.05. The molecule has 0 saturated carbocycles. The van der Waals surface area contributed by atoms with Gasteiger partial charge >= 0.3 is 0 Å². The largest absolute Gasteiger partial charge is 0.394 e. The molecule has 0 spiro atoms. The van der Waals surface area contributed by atoms with E-state index < -0.39 is 149 Å². The Morgan fingerprint density at radius 1 is 0.311 bits per heavy atom. The molecule has 0 bridgehead atoms. The minimum Gasteiger partial charge on any atom is -0.394 e. The first-order valence-corrected chi connectivity index (χ1v) is 14.1. The summed E-state index contributed by atoms with van der Waals surface area (Å²) in [6, 6.07) is 0. The van der Waals surface area contributed by atoms with Gasteiger partial charge in [0.2, 0.25) is 0 Å². The fourth-order valence-electron chi connectivity index (χ4n) is 5.44. The average Bonchev–Trinajstić information content (AvgIpc) is 3.03. The summed E-state index contributed by atoms with van der Waals surface area (Å²) in [7, 11) is 0. The fourth-order valence-corrected chi connectivity index (χ4v) is 5.44. The van der Waals surface area contributed by atoms with Gasteiger partial charge in [0.05, 0.1) is 26.4 Å². The van der Waals surface area contributed by atoms with E-state index in [2.05, 4.69) is 0 Å². The topological polar surface area (TPSA) is 348 Å². The van der Waals surface area contributed by atoms with Gasteiger partial charge in [-0.05, 0) is 0 Å². The van der Waals surface area contributed by atoms with Crippen LogP contribution in [-0.2, 0) is 33.2 Å². The predicted octanol–water partition coefficient (Wildman–Crippen LogP) is -9.75. The Labute approximate surface area is 254 Å². The van der Waals surface area contributed by atoms with Crippen molar-refractivity contribution in [1.29, 1.82) is 0 Å². The molecule has 4 saturated heterocycles. The van der Waals surface area contributed by atoms with Crippen molar-refractivity contribution in [3.63, 3.8) is 0 Å². The number of aliphatic hydroxyl groups excluding tert-OH is 14. The summed E-state index contributed by atoms with van der Waals surface area (Å²) in [5, 5.41) is 143. The smallest absolute Gasteiger partial charge is 0.190 e. The van der Waals surface area contributed by atoms with Crippen molar-refractivity contribution in [1.82, 2.24) is 0 Å². The molecule has 0 aromatic rings. The highest BCUT2D eigenvalue weighted by Gasteiger charge is 2.55. The lowest BCUT2D eigenvalue weighted by atomic mass is 9.96. The van der Waals surface area contributed by atoms with Crippen LogP contribution in [0.2, 0.25) is 0 Å². The molecule has 0 radical (unpaired) electrons. The number of hydrogen-bond donors (Lipinski definition) is 14. The van der Waals surface area contributed by atoms with E-state index in [-0.39, 0.29) is 0 Å². The molecule has 4 fully saturated rings. The van der Waals surface area contributed by atoms with Crippen LogP contribution in [0.4, 0.5) is 0 Å². The van der Waals surface area contributed by atoms with E-state index in [4.69, 9.17) is 33.2 Å². The highest BCUT2D eigenvalue weighted by molar-refractivity contribution is 4.97. The first kappa shape index (κ1) is 37.0. The van der Waals surface area contributed by atoms with E-state index >= 15 is 0 Å². The number of hydrogen-bond acceptors (Lipinski definition) is 21. The zero-order valence-electron chi connectivity index (χ0n) is 23.5. The summed E-state index contributed by atoms with van der Waals surface area (Å²) in [6.07, 6.45) is -36.2. The van der Waals surface area contributed by atoms with Gasteiger partial charge in [0, 0.05) is 0 Å². The minimum absolute atomic E-state index is 0.816. The lowest BCUT2D eigenvalue weighted by Crippen LogP contribution is -2.67. The first-order valence-electron chi connectivity index (χ1n) is 14.1. The molecule has 0 aromatic heterocycles. The normalized spacial score (nSPS) is 52.9. The zero-order valence-corrected chi connectivity index (χ0v) is 23.5. The Morgan fingerprint density at radius 2 is 0.644 bits per heavy atom. The molecule has 4 aliphatic rings. The van der Waals surface area contributed by atoms with E-state index in [1.807, 2.05) is 0 Å². The third kappa shape index (κ3) is 7.44. The molecule has 14 N–H and O–H groups in total. The van der Waals surface area contributed by atoms with E-state index in [0.717, 1.165) is 0 Å². The van der Waals surface area contributed by atoms with Gasteiger partial charge in [0.1, 0.15) is 97.7 Å². The Morgan fingerprint density at radius 3 is 1.07 bits per heavy atom. The van der Waals surface area contributed by atoms with Crippen LogP contribution in [0.15, 0.2) is 0 Å². The molecule has 20 atom stereocenters. The maximum atomic E-state index is 11.1. The van der Waals surface area contributed by atoms with Gasteiger partial charge in [-0.1, -0.05) is 0 Å². The van der Waals surface area contributed by atoms with Crippen LogP contribution in [0.3, 0.4) is 0 Å². The maximum absolute atomic E-state index is 11.1. The number of rotatable bonds is 10. The monoisotopic (exact) mass is 666 g/mol. The number of ether oxygens (including phenoxy) is 7. The molecule has 0 unspecified atom stereocenters. The molecule has 264 valence electrons. The molecule has 4 heterocycles. The summed E-state index contributed by atoms with van der Waals surface area (Å²) in [6.45, 7) is -3.42. The summed E-state index contributed by atoms with van der Waals surface area (Å²) in [5.74, 6) is 0. The van der Waals surface area contributed by atoms with Crippen LogP contribution in [0.5, 0.6) is 0 Å². The quantitative estimate of drug-likeness (QED) is 0.103. The van der Waals surface area contributed by atoms with Crippen LogP contribution in [-0.4, -0.2) is 221 Å². The highest BCUT2D eigenvalue weighted by Crippen LogP contribution is 2.34. The van der Waals surface area contributed by atoms with Gasteiger partial charge in [0.15, 0.2) is 25.2 Å².